The Morgan fingerprint density at radius 3 is 2.38 bits per heavy atom. The number of para-hydroxylation sites is 1. The van der Waals surface area contributed by atoms with Crippen molar-refractivity contribution in [3.05, 3.63) is 108 Å². The fraction of sp³-hybridized carbons (Fsp3) is 0.226. The molecule has 0 saturated heterocycles. The number of oxazole rings is 1. The van der Waals surface area contributed by atoms with Crippen LogP contribution in [-0.4, -0.2) is 28.0 Å². The summed E-state index contributed by atoms with van der Waals surface area (Å²) in [5, 5.41) is 4.62. The van der Waals surface area contributed by atoms with Gasteiger partial charge in [-0.25, -0.2) is 9.67 Å². The van der Waals surface area contributed by atoms with E-state index >= 15 is 0 Å². The zero-order valence-electron chi connectivity index (χ0n) is 23.6. The number of rotatable bonds is 14. The fourth-order valence-electron chi connectivity index (χ4n) is 4.02. The lowest BCUT2D eigenvalue weighted by molar-refractivity contribution is 0.229. The fourth-order valence-corrected chi connectivity index (χ4v) is 5.33. The van der Waals surface area contributed by atoms with Gasteiger partial charge in [0.2, 0.25) is 5.88 Å². The van der Waals surface area contributed by atoms with Crippen LogP contribution in [0.3, 0.4) is 0 Å². The molecule has 0 bridgehead atoms. The lowest BCUT2D eigenvalue weighted by Gasteiger charge is -2.12. The highest BCUT2D eigenvalue weighted by atomic mass is 31.2. The van der Waals surface area contributed by atoms with Gasteiger partial charge in [-0.2, -0.15) is 0 Å². The molecule has 0 fully saturated rings. The van der Waals surface area contributed by atoms with E-state index in [1.54, 1.807) is 43.0 Å². The molecule has 42 heavy (non-hydrogen) atoms. The standard InChI is InChI=1S/C31H32N3O7P/c1-4-39-42(35,40-5-2)19-17-25-20-34(26-10-7-6-8-11-26)33-30(25)38-21-24-13-15-27(16-14-24)37-22-28-23(3)41-31(32-28)29-12-9-18-36-29/h6-20H,4-5,21-22H2,1-3H3. The number of hydrogen-bond acceptors (Lipinski definition) is 9. The van der Waals surface area contributed by atoms with Crippen LogP contribution in [0.5, 0.6) is 11.6 Å². The minimum Gasteiger partial charge on any atom is -0.487 e. The summed E-state index contributed by atoms with van der Waals surface area (Å²) in [6.07, 6.45) is 5.05. The molecule has 0 aliphatic rings. The summed E-state index contributed by atoms with van der Waals surface area (Å²) in [5.41, 5.74) is 3.11. The number of aryl methyl sites for hydroxylation is 1. The first-order valence-corrected chi connectivity index (χ1v) is 15.2. The number of aromatic nitrogens is 3. The van der Waals surface area contributed by atoms with Crippen LogP contribution >= 0.6 is 7.60 Å². The second-order valence-electron chi connectivity index (χ2n) is 9.08. The Kier molecular flexibility index (Phi) is 9.38. The lowest BCUT2D eigenvalue weighted by Crippen LogP contribution is -2.00. The molecule has 0 spiro atoms. The highest BCUT2D eigenvalue weighted by Gasteiger charge is 2.20. The van der Waals surface area contributed by atoms with Gasteiger partial charge in [0.15, 0.2) is 5.76 Å². The van der Waals surface area contributed by atoms with E-state index in [1.165, 1.54) is 5.82 Å². The second kappa shape index (κ2) is 13.5. The Morgan fingerprint density at radius 1 is 0.929 bits per heavy atom. The van der Waals surface area contributed by atoms with E-state index in [-0.39, 0.29) is 26.4 Å². The normalized spacial score (nSPS) is 11.8. The Bertz CT molecular complexity index is 1630. The van der Waals surface area contributed by atoms with Crippen molar-refractivity contribution in [2.75, 3.05) is 13.2 Å². The molecule has 3 heterocycles. The first-order valence-electron chi connectivity index (χ1n) is 13.5. The summed E-state index contributed by atoms with van der Waals surface area (Å²) in [6, 6.07) is 20.8. The molecular weight excluding hydrogens is 557 g/mol. The molecule has 0 unspecified atom stereocenters. The summed E-state index contributed by atoms with van der Waals surface area (Å²) in [7, 11) is -3.40. The van der Waals surface area contributed by atoms with Crippen LogP contribution < -0.4 is 9.47 Å². The summed E-state index contributed by atoms with van der Waals surface area (Å²) < 4.78 is 48.6. The van der Waals surface area contributed by atoms with Gasteiger partial charge in [-0.15, -0.1) is 5.10 Å². The SMILES string of the molecule is CCOP(=O)(C=Cc1cn(-c2ccccc2)nc1OCc1ccc(OCc2nc(-c3ccco3)oc2C)cc1)OCC. The first-order chi connectivity index (χ1) is 20.5. The summed E-state index contributed by atoms with van der Waals surface area (Å²) in [4.78, 5) is 4.48. The molecule has 0 N–H and O–H groups in total. The Morgan fingerprint density at radius 2 is 1.69 bits per heavy atom. The summed E-state index contributed by atoms with van der Waals surface area (Å²) in [6.45, 7) is 6.42. The van der Waals surface area contributed by atoms with Crippen LogP contribution in [0.1, 0.15) is 36.4 Å². The van der Waals surface area contributed by atoms with Gasteiger partial charge in [0.25, 0.3) is 5.89 Å². The number of hydrogen-bond donors (Lipinski definition) is 0. The molecule has 0 amide bonds. The maximum absolute atomic E-state index is 13.0. The average Bonchev–Trinajstić information content (AvgIpc) is 3.76. The maximum Gasteiger partial charge on any atom is 0.354 e. The van der Waals surface area contributed by atoms with E-state index in [2.05, 4.69) is 10.1 Å². The molecule has 3 aromatic heterocycles. The molecule has 0 atom stereocenters. The zero-order chi connectivity index (χ0) is 29.4. The molecule has 11 heteroatoms. The van der Waals surface area contributed by atoms with Crippen LogP contribution in [0.25, 0.3) is 23.4 Å². The van der Waals surface area contributed by atoms with E-state index in [0.717, 1.165) is 11.3 Å². The molecule has 218 valence electrons. The predicted molar refractivity (Wildman–Crippen MR) is 158 cm³/mol. The highest BCUT2D eigenvalue weighted by molar-refractivity contribution is 7.57. The summed E-state index contributed by atoms with van der Waals surface area (Å²) in [5.74, 6) is 4.17. The minimum atomic E-state index is -3.40. The second-order valence-corrected chi connectivity index (χ2v) is 11.0. The van der Waals surface area contributed by atoms with Gasteiger partial charge in [-0.3, -0.25) is 4.57 Å². The largest absolute Gasteiger partial charge is 0.487 e. The van der Waals surface area contributed by atoms with Crippen molar-refractivity contribution in [1.29, 1.82) is 0 Å². The maximum atomic E-state index is 13.0. The Labute approximate surface area is 244 Å². The van der Waals surface area contributed by atoms with Crippen LogP contribution in [0, 0.1) is 6.92 Å². The van der Waals surface area contributed by atoms with E-state index in [9.17, 15) is 4.57 Å². The predicted octanol–water partition coefficient (Wildman–Crippen LogP) is 7.82. The van der Waals surface area contributed by atoms with Gasteiger partial charge >= 0.3 is 7.60 Å². The third kappa shape index (κ3) is 7.28. The van der Waals surface area contributed by atoms with Crippen molar-refractivity contribution in [2.45, 2.75) is 34.0 Å². The van der Waals surface area contributed by atoms with Crippen LogP contribution in [-0.2, 0) is 26.8 Å². The van der Waals surface area contributed by atoms with E-state index < -0.39 is 7.60 Å². The molecule has 0 radical (unpaired) electrons. The van der Waals surface area contributed by atoms with Crippen LogP contribution in [0.2, 0.25) is 0 Å². The monoisotopic (exact) mass is 589 g/mol. The number of ether oxygens (including phenoxy) is 2. The van der Waals surface area contributed by atoms with Gasteiger partial charge in [-0.05, 0) is 68.8 Å². The molecule has 10 nitrogen and oxygen atoms in total. The lowest BCUT2D eigenvalue weighted by atomic mass is 10.2. The molecule has 5 aromatic rings. The zero-order valence-corrected chi connectivity index (χ0v) is 24.5. The quantitative estimate of drug-likeness (QED) is 0.120. The topological polar surface area (TPSA) is 111 Å². The van der Waals surface area contributed by atoms with Crippen molar-refractivity contribution < 1.29 is 31.9 Å². The highest BCUT2D eigenvalue weighted by Crippen LogP contribution is 2.50. The number of benzene rings is 2. The molecular formula is C31H32N3O7P. The smallest absolute Gasteiger partial charge is 0.354 e. The first kappa shape index (κ1) is 29.1. The van der Waals surface area contributed by atoms with E-state index in [0.29, 0.717) is 40.3 Å². The van der Waals surface area contributed by atoms with Gasteiger partial charge < -0.3 is 27.4 Å². The van der Waals surface area contributed by atoms with E-state index in [4.69, 9.17) is 27.4 Å². The molecule has 0 aliphatic heterocycles. The van der Waals surface area contributed by atoms with Gasteiger partial charge in [0.1, 0.15) is 30.4 Å². The van der Waals surface area contributed by atoms with E-state index in [1.807, 2.05) is 67.7 Å². The van der Waals surface area contributed by atoms with Crippen molar-refractivity contribution >= 4 is 13.7 Å². The number of furan rings is 1. The third-order valence-corrected chi connectivity index (χ3v) is 7.83. The van der Waals surface area contributed by atoms with Crippen molar-refractivity contribution in [1.82, 2.24) is 14.8 Å². The molecule has 0 aliphatic carbocycles. The third-order valence-electron chi connectivity index (χ3n) is 6.08. The van der Waals surface area contributed by atoms with Gasteiger partial charge in [0, 0.05) is 12.0 Å². The Hall–Kier alpha value is -4.37. The number of nitrogens with zero attached hydrogens (tertiary/aromatic N) is 3. The van der Waals surface area contributed by atoms with Gasteiger partial charge in [0.05, 0.1) is 30.7 Å². The average molecular weight is 590 g/mol. The van der Waals surface area contributed by atoms with Crippen LogP contribution in [0.15, 0.2) is 93.8 Å². The molecule has 5 rings (SSSR count). The van der Waals surface area contributed by atoms with Crippen molar-refractivity contribution in [2.24, 2.45) is 0 Å². The molecule has 0 saturated carbocycles. The van der Waals surface area contributed by atoms with Crippen LogP contribution in [0.4, 0.5) is 0 Å². The Balaban J connectivity index is 1.26. The van der Waals surface area contributed by atoms with Crippen molar-refractivity contribution in [3.63, 3.8) is 0 Å². The summed E-state index contributed by atoms with van der Waals surface area (Å²) >= 11 is 0. The van der Waals surface area contributed by atoms with Gasteiger partial charge in [-0.1, -0.05) is 30.3 Å². The minimum absolute atomic E-state index is 0.256. The van der Waals surface area contributed by atoms with Crippen molar-refractivity contribution in [3.8, 4) is 29.0 Å². The molecule has 2 aromatic carbocycles.